The molecule has 0 aliphatic rings. The molecule has 8 heteroatoms. The van der Waals surface area contributed by atoms with Crippen LogP contribution in [0.5, 0.6) is 0 Å². The standard InChI is InChI=1S/C11H10F3N3O2/c1-6(2)9-16-17(10(18)19-9)8-5-3-4-7(15-8)11(12,13)14/h3-6H,1-2H3. The van der Waals surface area contributed by atoms with Crippen molar-refractivity contribution < 1.29 is 17.6 Å². The highest BCUT2D eigenvalue weighted by Crippen LogP contribution is 2.27. The average molecular weight is 273 g/mol. The Morgan fingerprint density at radius 3 is 2.53 bits per heavy atom. The van der Waals surface area contributed by atoms with Gasteiger partial charge in [0.25, 0.3) is 0 Å². The molecule has 0 aliphatic heterocycles. The Balaban J connectivity index is 2.51. The van der Waals surface area contributed by atoms with Gasteiger partial charge in [-0.05, 0) is 12.1 Å². The lowest BCUT2D eigenvalue weighted by atomic mass is 10.2. The summed E-state index contributed by atoms with van der Waals surface area (Å²) < 4.78 is 43.1. The third-order valence-electron chi connectivity index (χ3n) is 2.30. The van der Waals surface area contributed by atoms with E-state index in [1.54, 1.807) is 13.8 Å². The van der Waals surface area contributed by atoms with E-state index in [9.17, 15) is 18.0 Å². The summed E-state index contributed by atoms with van der Waals surface area (Å²) in [6.45, 7) is 3.49. The van der Waals surface area contributed by atoms with Gasteiger partial charge in [0, 0.05) is 5.92 Å². The number of rotatable bonds is 2. The molecule has 2 rings (SSSR count). The molecule has 0 spiro atoms. The summed E-state index contributed by atoms with van der Waals surface area (Å²) in [6, 6.07) is 3.22. The summed E-state index contributed by atoms with van der Waals surface area (Å²) in [5.74, 6) is -1.10. The number of halogens is 3. The van der Waals surface area contributed by atoms with Gasteiger partial charge in [0.1, 0.15) is 5.69 Å². The molecule has 102 valence electrons. The second-order valence-corrected chi connectivity index (χ2v) is 4.15. The minimum Gasteiger partial charge on any atom is -0.392 e. The van der Waals surface area contributed by atoms with Gasteiger partial charge in [-0.1, -0.05) is 19.9 Å². The van der Waals surface area contributed by atoms with Crippen molar-refractivity contribution in [1.29, 1.82) is 0 Å². The smallest absolute Gasteiger partial charge is 0.392 e. The van der Waals surface area contributed by atoms with E-state index < -0.39 is 17.6 Å². The third kappa shape index (κ3) is 2.67. The number of alkyl halides is 3. The lowest BCUT2D eigenvalue weighted by molar-refractivity contribution is -0.141. The summed E-state index contributed by atoms with van der Waals surface area (Å²) in [5, 5.41) is 3.81. The highest BCUT2D eigenvalue weighted by molar-refractivity contribution is 5.24. The first kappa shape index (κ1) is 13.3. The lowest BCUT2D eigenvalue weighted by Gasteiger charge is -2.06. The SMILES string of the molecule is CC(C)c1nn(-c2cccc(C(F)(F)F)n2)c(=O)o1. The van der Waals surface area contributed by atoms with Gasteiger partial charge in [0.05, 0.1) is 0 Å². The van der Waals surface area contributed by atoms with E-state index in [0.29, 0.717) is 4.68 Å². The quantitative estimate of drug-likeness (QED) is 0.842. The van der Waals surface area contributed by atoms with Crippen molar-refractivity contribution in [3.8, 4) is 5.82 Å². The molecule has 0 saturated heterocycles. The molecule has 2 aromatic rings. The van der Waals surface area contributed by atoms with Crippen LogP contribution in [-0.2, 0) is 6.18 Å². The van der Waals surface area contributed by atoms with Crippen LogP contribution in [0.1, 0.15) is 31.4 Å². The summed E-state index contributed by atoms with van der Waals surface area (Å²) in [7, 11) is 0. The Kier molecular flexibility index (Phi) is 3.17. The highest BCUT2D eigenvalue weighted by Gasteiger charge is 2.32. The Morgan fingerprint density at radius 2 is 2.00 bits per heavy atom. The maximum absolute atomic E-state index is 12.5. The summed E-state index contributed by atoms with van der Waals surface area (Å²) in [5.41, 5.74) is -1.09. The summed E-state index contributed by atoms with van der Waals surface area (Å²) in [6.07, 6.45) is -4.58. The van der Waals surface area contributed by atoms with E-state index in [4.69, 9.17) is 4.42 Å². The van der Waals surface area contributed by atoms with Crippen LogP contribution >= 0.6 is 0 Å². The zero-order valence-corrected chi connectivity index (χ0v) is 10.1. The van der Waals surface area contributed by atoms with Gasteiger partial charge in [-0.25, -0.2) is 9.78 Å². The van der Waals surface area contributed by atoms with Gasteiger partial charge in [-0.3, -0.25) is 0 Å². The van der Waals surface area contributed by atoms with Gasteiger partial charge >= 0.3 is 11.9 Å². The molecule has 0 amide bonds. The molecule has 0 N–H and O–H groups in total. The molecule has 2 heterocycles. The largest absolute Gasteiger partial charge is 0.443 e. The Morgan fingerprint density at radius 1 is 1.32 bits per heavy atom. The van der Waals surface area contributed by atoms with Gasteiger partial charge in [0.2, 0.25) is 5.89 Å². The van der Waals surface area contributed by atoms with Crippen LogP contribution in [0.25, 0.3) is 5.82 Å². The van der Waals surface area contributed by atoms with Gasteiger partial charge in [-0.15, -0.1) is 9.78 Å². The molecule has 0 aromatic carbocycles. The van der Waals surface area contributed by atoms with Crippen molar-refractivity contribution in [2.24, 2.45) is 0 Å². The van der Waals surface area contributed by atoms with Crippen molar-refractivity contribution >= 4 is 0 Å². The predicted octanol–water partition coefficient (Wildman–Crippen LogP) is 2.36. The molecule has 19 heavy (non-hydrogen) atoms. The Hall–Kier alpha value is -2.12. The first-order valence-corrected chi connectivity index (χ1v) is 5.43. The third-order valence-corrected chi connectivity index (χ3v) is 2.30. The van der Waals surface area contributed by atoms with Crippen LogP contribution in [-0.4, -0.2) is 14.8 Å². The monoisotopic (exact) mass is 273 g/mol. The molecular formula is C11H10F3N3O2. The maximum Gasteiger partial charge on any atom is 0.443 e. The average Bonchev–Trinajstić information content (AvgIpc) is 2.71. The molecule has 2 aromatic heterocycles. The highest BCUT2D eigenvalue weighted by atomic mass is 19.4. The summed E-state index contributed by atoms with van der Waals surface area (Å²) >= 11 is 0. The second kappa shape index (κ2) is 4.52. The molecule has 0 bridgehead atoms. The van der Waals surface area contributed by atoms with Gasteiger partial charge < -0.3 is 4.42 Å². The molecule has 5 nitrogen and oxygen atoms in total. The lowest BCUT2D eigenvalue weighted by Crippen LogP contribution is -2.17. The van der Waals surface area contributed by atoms with E-state index in [1.807, 2.05) is 0 Å². The summed E-state index contributed by atoms with van der Waals surface area (Å²) in [4.78, 5) is 14.9. The van der Waals surface area contributed by atoms with E-state index in [2.05, 4.69) is 10.1 Å². The Bertz CT molecular complexity index is 643. The van der Waals surface area contributed by atoms with E-state index in [0.717, 1.165) is 12.1 Å². The van der Waals surface area contributed by atoms with E-state index in [1.165, 1.54) is 6.07 Å². The van der Waals surface area contributed by atoms with Crippen LogP contribution in [0.4, 0.5) is 13.2 Å². The number of nitrogens with zero attached hydrogens (tertiary/aromatic N) is 3. The maximum atomic E-state index is 12.5. The van der Waals surface area contributed by atoms with Crippen molar-refractivity contribution in [3.05, 3.63) is 40.3 Å². The fourth-order valence-corrected chi connectivity index (χ4v) is 1.37. The number of aromatic nitrogens is 3. The molecule has 0 atom stereocenters. The van der Waals surface area contributed by atoms with Crippen molar-refractivity contribution in [1.82, 2.24) is 14.8 Å². The molecule has 0 aliphatic carbocycles. The normalized spacial score (nSPS) is 12.1. The first-order valence-electron chi connectivity index (χ1n) is 5.43. The minimum absolute atomic E-state index is 0.143. The number of hydrogen-bond donors (Lipinski definition) is 0. The molecule has 0 unspecified atom stereocenters. The van der Waals surface area contributed by atoms with Crippen molar-refractivity contribution in [2.45, 2.75) is 25.9 Å². The van der Waals surface area contributed by atoms with Crippen LogP contribution in [0.15, 0.2) is 27.4 Å². The van der Waals surface area contributed by atoms with Crippen LogP contribution < -0.4 is 5.76 Å². The fourth-order valence-electron chi connectivity index (χ4n) is 1.37. The van der Waals surface area contributed by atoms with Gasteiger partial charge in [0.15, 0.2) is 5.82 Å². The van der Waals surface area contributed by atoms with E-state index in [-0.39, 0.29) is 17.6 Å². The second-order valence-electron chi connectivity index (χ2n) is 4.15. The van der Waals surface area contributed by atoms with Crippen LogP contribution in [0.2, 0.25) is 0 Å². The first-order chi connectivity index (χ1) is 8.79. The van der Waals surface area contributed by atoms with Gasteiger partial charge in [-0.2, -0.15) is 13.2 Å². The molecule has 0 fully saturated rings. The van der Waals surface area contributed by atoms with Crippen LogP contribution in [0.3, 0.4) is 0 Å². The number of pyridine rings is 1. The molecular weight excluding hydrogens is 263 g/mol. The van der Waals surface area contributed by atoms with Crippen LogP contribution in [0, 0.1) is 0 Å². The van der Waals surface area contributed by atoms with Crippen molar-refractivity contribution in [2.75, 3.05) is 0 Å². The molecule has 0 radical (unpaired) electrons. The zero-order chi connectivity index (χ0) is 14.2. The predicted molar refractivity (Wildman–Crippen MR) is 59.0 cm³/mol. The minimum atomic E-state index is -4.58. The van der Waals surface area contributed by atoms with Crippen molar-refractivity contribution in [3.63, 3.8) is 0 Å². The van der Waals surface area contributed by atoms with E-state index >= 15 is 0 Å². The molecule has 0 saturated carbocycles. The fraction of sp³-hybridized carbons (Fsp3) is 0.364. The Labute approximate surface area is 105 Å². The topological polar surface area (TPSA) is 60.9 Å². The number of hydrogen-bond acceptors (Lipinski definition) is 4. The zero-order valence-electron chi connectivity index (χ0n) is 10.1.